The van der Waals surface area contributed by atoms with Crippen molar-refractivity contribution in [1.29, 1.82) is 0 Å². The summed E-state index contributed by atoms with van der Waals surface area (Å²) in [7, 11) is 0. The molecule has 1 aliphatic rings. The number of halogens is 1. The van der Waals surface area contributed by atoms with Gasteiger partial charge in [0.15, 0.2) is 11.6 Å². The highest BCUT2D eigenvalue weighted by molar-refractivity contribution is 5.90. The fourth-order valence-corrected chi connectivity index (χ4v) is 3.18. The van der Waals surface area contributed by atoms with Gasteiger partial charge in [0.25, 0.3) is 0 Å². The Morgan fingerprint density at radius 1 is 1.40 bits per heavy atom. The molecule has 2 aromatic heterocycles. The highest BCUT2D eigenvalue weighted by atomic mass is 19.1. The lowest BCUT2D eigenvalue weighted by molar-refractivity contribution is -0.00540. The first-order valence-electron chi connectivity index (χ1n) is 8.23. The van der Waals surface area contributed by atoms with Crippen LogP contribution in [-0.4, -0.2) is 40.4 Å². The van der Waals surface area contributed by atoms with Gasteiger partial charge in [-0.2, -0.15) is 0 Å². The molecule has 4 rings (SSSR count). The minimum atomic E-state index is -0.445. The van der Waals surface area contributed by atoms with E-state index in [9.17, 15) is 4.39 Å². The van der Waals surface area contributed by atoms with Crippen molar-refractivity contribution < 1.29 is 13.7 Å². The fourth-order valence-electron chi connectivity index (χ4n) is 3.18. The largest absolute Gasteiger partial charge is 0.372 e. The van der Waals surface area contributed by atoms with Crippen LogP contribution in [0.15, 0.2) is 23.1 Å². The van der Waals surface area contributed by atoms with Crippen LogP contribution < -0.4 is 10.2 Å². The maximum atomic E-state index is 14.9. The van der Waals surface area contributed by atoms with Crippen LogP contribution in [0.25, 0.3) is 11.0 Å². The number of nitrogens with zero attached hydrogens (tertiary/aromatic N) is 3. The second-order valence-electron chi connectivity index (χ2n) is 6.30. The van der Waals surface area contributed by atoms with Crippen LogP contribution in [0.2, 0.25) is 0 Å². The molecule has 25 heavy (non-hydrogen) atoms. The number of aromatic nitrogens is 3. The zero-order chi connectivity index (χ0) is 17.4. The minimum absolute atomic E-state index is 0.0352. The van der Waals surface area contributed by atoms with Gasteiger partial charge >= 0.3 is 0 Å². The molecule has 0 unspecified atom stereocenters. The summed E-state index contributed by atoms with van der Waals surface area (Å²) in [6.45, 7) is 5.64. The van der Waals surface area contributed by atoms with Crippen molar-refractivity contribution in [3.63, 3.8) is 0 Å². The molecule has 0 aliphatic carbocycles. The molecular weight excluding hydrogens is 325 g/mol. The quantitative estimate of drug-likeness (QED) is 0.758. The highest BCUT2D eigenvalue weighted by Crippen LogP contribution is 2.32. The zero-order valence-electron chi connectivity index (χ0n) is 14.0. The molecule has 0 amide bonds. The SMILES string of the molecule is C[C@@H]1CN(c2[c]cc3c(NCc4c[nH]cn4)noc3c2F)C[C@H](C)O1. The molecule has 3 heterocycles. The monoisotopic (exact) mass is 344 g/mol. The predicted octanol–water partition coefficient (Wildman–Crippen LogP) is 2.72. The van der Waals surface area contributed by atoms with E-state index < -0.39 is 5.82 Å². The number of hydrogen-bond donors (Lipinski definition) is 2. The van der Waals surface area contributed by atoms with Crippen LogP contribution in [0.5, 0.6) is 0 Å². The number of ether oxygens (including phenoxy) is 1. The molecular formula is C17H19FN5O2. The Hall–Kier alpha value is -2.61. The van der Waals surface area contributed by atoms with Crippen LogP contribution in [-0.2, 0) is 11.3 Å². The van der Waals surface area contributed by atoms with Crippen LogP contribution >= 0.6 is 0 Å². The van der Waals surface area contributed by atoms with Gasteiger partial charge in [-0.25, -0.2) is 9.37 Å². The third-order valence-electron chi connectivity index (χ3n) is 4.22. The van der Waals surface area contributed by atoms with Crippen molar-refractivity contribution >= 4 is 22.5 Å². The van der Waals surface area contributed by atoms with Gasteiger partial charge in [-0.15, -0.1) is 0 Å². The zero-order valence-corrected chi connectivity index (χ0v) is 14.0. The van der Waals surface area contributed by atoms with Crippen molar-refractivity contribution in [3.05, 3.63) is 36.2 Å². The third kappa shape index (κ3) is 3.05. The first-order valence-corrected chi connectivity index (χ1v) is 8.23. The summed E-state index contributed by atoms with van der Waals surface area (Å²) in [6, 6.07) is 4.75. The summed E-state index contributed by atoms with van der Waals surface area (Å²) in [5.74, 6) is 0.0301. The molecule has 2 atom stereocenters. The lowest BCUT2D eigenvalue weighted by atomic mass is 10.1. The minimum Gasteiger partial charge on any atom is -0.372 e. The highest BCUT2D eigenvalue weighted by Gasteiger charge is 2.26. The van der Waals surface area contributed by atoms with Crippen LogP contribution in [0.1, 0.15) is 19.5 Å². The number of anilines is 2. The van der Waals surface area contributed by atoms with Gasteiger partial charge in [0, 0.05) is 25.4 Å². The van der Waals surface area contributed by atoms with Gasteiger partial charge in [-0.1, -0.05) is 5.16 Å². The molecule has 1 saturated heterocycles. The molecule has 1 fully saturated rings. The van der Waals surface area contributed by atoms with Crippen molar-refractivity contribution in [2.24, 2.45) is 0 Å². The van der Waals surface area contributed by atoms with Gasteiger partial charge in [0.05, 0.1) is 41.8 Å². The molecule has 1 aliphatic heterocycles. The molecule has 2 N–H and O–H groups in total. The molecule has 1 radical (unpaired) electrons. The molecule has 7 nitrogen and oxygen atoms in total. The average molecular weight is 344 g/mol. The summed E-state index contributed by atoms with van der Waals surface area (Å²) in [5, 5.41) is 7.61. The number of imidazole rings is 1. The first-order chi connectivity index (χ1) is 12.1. The number of hydrogen-bond acceptors (Lipinski definition) is 6. The number of aromatic amines is 1. The Kier molecular flexibility index (Phi) is 4.04. The standard InChI is InChI=1S/C17H19FN5O2/c1-10-7-23(8-11(2)24-10)14-4-3-13-16(15(14)18)25-22-17(13)20-6-12-5-19-9-21-12/h3,5,9-11H,6-8H2,1-2H3,(H,19,21)(H,20,22)/t10-,11+. The molecule has 3 aromatic rings. The van der Waals surface area contributed by atoms with Gasteiger partial charge < -0.3 is 24.5 Å². The van der Waals surface area contributed by atoms with Crippen LogP contribution in [0.3, 0.4) is 0 Å². The van der Waals surface area contributed by atoms with Gasteiger partial charge in [-0.3, -0.25) is 0 Å². The van der Waals surface area contributed by atoms with Crippen molar-refractivity contribution in [3.8, 4) is 0 Å². The second kappa shape index (κ2) is 6.36. The predicted molar refractivity (Wildman–Crippen MR) is 90.9 cm³/mol. The van der Waals surface area contributed by atoms with E-state index in [1.54, 1.807) is 18.6 Å². The van der Waals surface area contributed by atoms with Gasteiger partial charge in [0.1, 0.15) is 0 Å². The number of morpholine rings is 1. The Balaban J connectivity index is 1.60. The molecule has 0 spiro atoms. The fraction of sp³-hybridized carbons (Fsp3) is 0.412. The van der Waals surface area contributed by atoms with Crippen molar-refractivity contribution in [1.82, 2.24) is 15.1 Å². The summed E-state index contributed by atoms with van der Waals surface area (Å²) in [4.78, 5) is 8.94. The Bertz CT molecular complexity index is 853. The average Bonchev–Trinajstić information content (AvgIpc) is 3.22. The molecule has 0 bridgehead atoms. The van der Waals surface area contributed by atoms with Crippen LogP contribution in [0.4, 0.5) is 15.9 Å². The second-order valence-corrected chi connectivity index (χ2v) is 6.30. The van der Waals surface area contributed by atoms with E-state index in [4.69, 9.17) is 9.26 Å². The van der Waals surface area contributed by atoms with E-state index in [0.717, 1.165) is 5.69 Å². The number of rotatable bonds is 4. The van der Waals surface area contributed by atoms with Gasteiger partial charge in [-0.05, 0) is 19.9 Å². The van der Waals surface area contributed by atoms with E-state index >= 15 is 0 Å². The third-order valence-corrected chi connectivity index (χ3v) is 4.22. The number of H-pyrrole nitrogens is 1. The lowest BCUT2D eigenvalue weighted by Gasteiger charge is -2.36. The van der Waals surface area contributed by atoms with E-state index in [1.165, 1.54) is 0 Å². The normalized spacial score (nSPS) is 21.0. The summed E-state index contributed by atoms with van der Waals surface area (Å²) >= 11 is 0. The smallest absolute Gasteiger partial charge is 0.206 e. The molecule has 8 heteroatoms. The van der Waals surface area contributed by atoms with Crippen molar-refractivity contribution in [2.45, 2.75) is 32.6 Å². The van der Waals surface area contributed by atoms with Crippen molar-refractivity contribution in [2.75, 3.05) is 23.3 Å². The van der Waals surface area contributed by atoms with E-state index in [1.807, 2.05) is 18.7 Å². The number of nitrogens with one attached hydrogen (secondary N) is 2. The number of fused-ring (bicyclic) bond motifs is 1. The Morgan fingerprint density at radius 2 is 2.20 bits per heavy atom. The molecule has 0 saturated carbocycles. The topological polar surface area (TPSA) is 79.2 Å². The maximum Gasteiger partial charge on any atom is 0.206 e. The van der Waals surface area contributed by atoms with E-state index in [-0.39, 0.29) is 17.8 Å². The molecule has 1 aromatic carbocycles. The molecule has 131 valence electrons. The van der Waals surface area contributed by atoms with Crippen LogP contribution in [0, 0.1) is 11.9 Å². The van der Waals surface area contributed by atoms with E-state index in [2.05, 4.69) is 26.5 Å². The first kappa shape index (κ1) is 15.9. The summed E-state index contributed by atoms with van der Waals surface area (Å²) in [5.41, 5.74) is 1.35. The van der Waals surface area contributed by atoms with Gasteiger partial charge in [0.2, 0.25) is 5.58 Å². The van der Waals surface area contributed by atoms with E-state index in [0.29, 0.717) is 36.5 Å². The lowest BCUT2D eigenvalue weighted by Crippen LogP contribution is -2.45. The maximum absolute atomic E-state index is 14.9. The summed E-state index contributed by atoms with van der Waals surface area (Å²) in [6.07, 6.45) is 3.45. The number of benzene rings is 1. The Morgan fingerprint density at radius 3 is 2.92 bits per heavy atom. The summed E-state index contributed by atoms with van der Waals surface area (Å²) < 4.78 is 25.9. The Labute approximate surface area is 144 Å².